The molecule has 3 aromatic rings. The van der Waals surface area contributed by atoms with Crippen molar-refractivity contribution in [2.75, 3.05) is 5.32 Å². The fourth-order valence-electron chi connectivity index (χ4n) is 2.38. The smallest absolute Gasteiger partial charge is 0.227 e. The van der Waals surface area contributed by atoms with Crippen molar-refractivity contribution in [1.29, 1.82) is 0 Å². The third-order valence-electron chi connectivity index (χ3n) is 3.81. The van der Waals surface area contributed by atoms with Gasteiger partial charge < -0.3 is 9.84 Å². The van der Waals surface area contributed by atoms with E-state index in [-0.39, 0.29) is 12.3 Å². The van der Waals surface area contributed by atoms with E-state index in [0.717, 1.165) is 16.8 Å². The number of amides is 1. The van der Waals surface area contributed by atoms with E-state index in [4.69, 9.17) is 16.1 Å². The number of halogens is 1. The summed E-state index contributed by atoms with van der Waals surface area (Å²) < 4.78 is 5.23. The monoisotopic (exact) mass is 355 g/mol. The highest BCUT2D eigenvalue weighted by atomic mass is 35.5. The quantitative estimate of drug-likeness (QED) is 0.727. The molecule has 0 saturated heterocycles. The molecule has 0 saturated carbocycles. The number of aryl methyl sites for hydroxylation is 3. The molecule has 0 aliphatic heterocycles. The van der Waals surface area contributed by atoms with Gasteiger partial charge in [0.1, 0.15) is 0 Å². The molecule has 0 spiro atoms. The van der Waals surface area contributed by atoms with Crippen molar-refractivity contribution < 1.29 is 9.32 Å². The lowest BCUT2D eigenvalue weighted by molar-refractivity contribution is -0.116. The Labute approximate surface area is 151 Å². The average Bonchev–Trinajstić information content (AvgIpc) is 3.05. The maximum Gasteiger partial charge on any atom is 0.227 e. The number of hydrogen-bond acceptors (Lipinski definition) is 4. The van der Waals surface area contributed by atoms with E-state index >= 15 is 0 Å². The minimum Gasteiger partial charge on any atom is -0.339 e. The maximum atomic E-state index is 12.1. The molecule has 128 valence electrons. The van der Waals surface area contributed by atoms with E-state index in [1.807, 2.05) is 44.2 Å². The number of nitrogens with zero attached hydrogens (tertiary/aromatic N) is 2. The van der Waals surface area contributed by atoms with Crippen LogP contribution in [0.2, 0.25) is 5.02 Å². The van der Waals surface area contributed by atoms with Crippen LogP contribution in [0.15, 0.2) is 47.0 Å². The molecule has 0 unspecified atom stereocenters. The van der Waals surface area contributed by atoms with Gasteiger partial charge in [-0.3, -0.25) is 4.79 Å². The van der Waals surface area contributed by atoms with Crippen molar-refractivity contribution in [1.82, 2.24) is 10.1 Å². The van der Waals surface area contributed by atoms with Crippen LogP contribution in [0, 0.1) is 13.8 Å². The maximum absolute atomic E-state index is 12.1. The predicted octanol–water partition coefficient (Wildman–Crippen LogP) is 4.58. The summed E-state index contributed by atoms with van der Waals surface area (Å²) in [7, 11) is 0. The highest BCUT2D eigenvalue weighted by Crippen LogP contribution is 2.20. The van der Waals surface area contributed by atoms with Crippen LogP contribution < -0.4 is 5.32 Å². The molecule has 3 rings (SSSR count). The number of rotatable bonds is 5. The Morgan fingerprint density at radius 2 is 1.92 bits per heavy atom. The van der Waals surface area contributed by atoms with Crippen LogP contribution in [-0.4, -0.2) is 16.0 Å². The molecule has 0 aliphatic carbocycles. The first-order valence-corrected chi connectivity index (χ1v) is 8.35. The molecule has 1 N–H and O–H groups in total. The van der Waals surface area contributed by atoms with Crippen LogP contribution >= 0.6 is 11.6 Å². The number of hydrogen-bond donors (Lipinski definition) is 1. The van der Waals surface area contributed by atoms with Crippen molar-refractivity contribution in [3.8, 4) is 11.4 Å². The van der Waals surface area contributed by atoms with Crippen molar-refractivity contribution in [3.05, 3.63) is 64.5 Å². The molecule has 0 aliphatic rings. The van der Waals surface area contributed by atoms with E-state index < -0.39 is 0 Å². The van der Waals surface area contributed by atoms with Crippen molar-refractivity contribution in [3.63, 3.8) is 0 Å². The van der Waals surface area contributed by atoms with E-state index in [1.54, 1.807) is 12.1 Å². The highest BCUT2D eigenvalue weighted by molar-refractivity contribution is 6.30. The number of aromatic nitrogens is 2. The molecule has 25 heavy (non-hydrogen) atoms. The molecule has 5 nitrogen and oxygen atoms in total. The van der Waals surface area contributed by atoms with Crippen LogP contribution in [0.4, 0.5) is 5.69 Å². The average molecular weight is 356 g/mol. The molecule has 2 aromatic carbocycles. The zero-order chi connectivity index (χ0) is 17.8. The van der Waals surface area contributed by atoms with Gasteiger partial charge in [-0.25, -0.2) is 0 Å². The number of anilines is 1. The Balaban J connectivity index is 1.58. The number of benzene rings is 2. The molecule has 0 radical (unpaired) electrons. The van der Waals surface area contributed by atoms with E-state index in [9.17, 15) is 4.79 Å². The largest absolute Gasteiger partial charge is 0.339 e. The Kier molecular flexibility index (Phi) is 5.14. The third-order valence-corrected chi connectivity index (χ3v) is 4.04. The van der Waals surface area contributed by atoms with E-state index in [0.29, 0.717) is 23.2 Å². The predicted molar refractivity (Wildman–Crippen MR) is 97.6 cm³/mol. The second kappa shape index (κ2) is 7.49. The van der Waals surface area contributed by atoms with Gasteiger partial charge in [-0.1, -0.05) is 46.6 Å². The lowest BCUT2D eigenvalue weighted by atomic mass is 10.1. The van der Waals surface area contributed by atoms with Crippen molar-refractivity contribution in [2.45, 2.75) is 26.7 Å². The highest BCUT2D eigenvalue weighted by Gasteiger charge is 2.11. The second-order valence-electron chi connectivity index (χ2n) is 5.89. The summed E-state index contributed by atoms with van der Waals surface area (Å²) in [5, 5.41) is 7.48. The van der Waals surface area contributed by atoms with Gasteiger partial charge in [0.15, 0.2) is 0 Å². The summed E-state index contributed by atoms with van der Waals surface area (Å²) >= 11 is 5.92. The topological polar surface area (TPSA) is 68.0 Å². The molecule has 1 aromatic heterocycles. The Morgan fingerprint density at radius 1 is 1.16 bits per heavy atom. The molecule has 1 heterocycles. The first kappa shape index (κ1) is 17.2. The first-order chi connectivity index (χ1) is 12.0. The summed E-state index contributed by atoms with van der Waals surface area (Å²) in [5.41, 5.74) is 3.73. The fourth-order valence-corrected chi connectivity index (χ4v) is 2.60. The van der Waals surface area contributed by atoms with Crippen LogP contribution in [0.1, 0.15) is 23.4 Å². The molecule has 0 fully saturated rings. The van der Waals surface area contributed by atoms with Crippen LogP contribution in [-0.2, 0) is 11.2 Å². The van der Waals surface area contributed by atoms with Crippen LogP contribution in [0.25, 0.3) is 11.4 Å². The Hall–Kier alpha value is -2.66. The zero-order valence-electron chi connectivity index (χ0n) is 14.0. The Morgan fingerprint density at radius 3 is 2.64 bits per heavy atom. The lowest BCUT2D eigenvalue weighted by Crippen LogP contribution is -2.13. The molecular formula is C19H18ClN3O2. The van der Waals surface area contributed by atoms with Gasteiger partial charge in [-0.15, -0.1) is 0 Å². The molecule has 0 bridgehead atoms. The van der Waals surface area contributed by atoms with Gasteiger partial charge in [0.05, 0.1) is 0 Å². The number of nitrogens with one attached hydrogen (secondary N) is 1. The van der Waals surface area contributed by atoms with Gasteiger partial charge >= 0.3 is 0 Å². The lowest BCUT2D eigenvalue weighted by Gasteiger charge is -2.07. The van der Waals surface area contributed by atoms with Crippen LogP contribution in [0.3, 0.4) is 0 Å². The summed E-state index contributed by atoms with van der Waals surface area (Å²) in [5.74, 6) is 0.864. The number of carbonyl (C=O) groups is 1. The van der Waals surface area contributed by atoms with Gasteiger partial charge in [-0.05, 0) is 37.6 Å². The zero-order valence-corrected chi connectivity index (χ0v) is 14.8. The Bertz CT molecular complexity index is 888. The summed E-state index contributed by atoms with van der Waals surface area (Å²) in [6.45, 7) is 3.92. The molecular weight excluding hydrogens is 338 g/mol. The molecule has 1 amide bonds. The minimum atomic E-state index is -0.111. The van der Waals surface area contributed by atoms with Crippen LogP contribution in [0.5, 0.6) is 0 Å². The first-order valence-electron chi connectivity index (χ1n) is 7.97. The SMILES string of the molecule is Cc1ccc(-c2noc(CCC(=O)Nc3ccc(Cl)cc3C)n2)cc1. The van der Waals surface area contributed by atoms with Gasteiger partial charge in [0.25, 0.3) is 0 Å². The van der Waals surface area contributed by atoms with Gasteiger partial charge in [0, 0.05) is 29.1 Å². The fraction of sp³-hybridized carbons (Fsp3) is 0.211. The summed E-state index contributed by atoms with van der Waals surface area (Å²) in [4.78, 5) is 16.4. The summed E-state index contributed by atoms with van der Waals surface area (Å²) in [6.07, 6.45) is 0.648. The molecule has 0 atom stereocenters. The van der Waals surface area contributed by atoms with Crippen molar-refractivity contribution in [2.24, 2.45) is 0 Å². The van der Waals surface area contributed by atoms with Gasteiger partial charge in [-0.2, -0.15) is 4.98 Å². The number of carbonyl (C=O) groups excluding carboxylic acids is 1. The minimum absolute atomic E-state index is 0.111. The van der Waals surface area contributed by atoms with E-state index in [2.05, 4.69) is 15.5 Å². The van der Waals surface area contributed by atoms with E-state index in [1.165, 1.54) is 5.56 Å². The standard InChI is InChI=1S/C19H18ClN3O2/c1-12-3-5-14(6-4-12)19-22-18(25-23-19)10-9-17(24)21-16-8-7-15(20)11-13(16)2/h3-8,11H,9-10H2,1-2H3,(H,21,24). The van der Waals surface area contributed by atoms with Gasteiger partial charge in [0.2, 0.25) is 17.6 Å². The second-order valence-corrected chi connectivity index (χ2v) is 6.32. The molecule has 6 heteroatoms. The third kappa shape index (κ3) is 4.45. The normalized spacial score (nSPS) is 10.7. The summed E-state index contributed by atoms with van der Waals surface area (Å²) in [6, 6.07) is 13.2. The van der Waals surface area contributed by atoms with Crippen molar-refractivity contribution >= 4 is 23.2 Å².